The summed E-state index contributed by atoms with van der Waals surface area (Å²) in [7, 11) is 0. The molecule has 6 heterocycles. The van der Waals surface area contributed by atoms with Gasteiger partial charge in [0.25, 0.3) is 0 Å². The van der Waals surface area contributed by atoms with Crippen molar-refractivity contribution >= 4 is 0 Å². The second-order valence-electron chi connectivity index (χ2n) is 17.0. The van der Waals surface area contributed by atoms with E-state index in [0.29, 0.717) is 0 Å². The fourth-order valence-electron chi connectivity index (χ4n) is 5.28. The van der Waals surface area contributed by atoms with Crippen molar-refractivity contribution < 1.29 is 16.8 Å². The summed E-state index contributed by atoms with van der Waals surface area (Å²) in [5.74, 6) is 1.63. The van der Waals surface area contributed by atoms with Gasteiger partial charge in [-0.15, -0.1) is 0 Å². The molecule has 0 aliphatic rings. The van der Waals surface area contributed by atoms with Gasteiger partial charge in [-0.1, -0.05) is 83.1 Å². The van der Waals surface area contributed by atoms with E-state index in [2.05, 4.69) is 152 Å². The third-order valence-corrected chi connectivity index (χ3v) is 8.61. The van der Waals surface area contributed by atoms with Crippen LogP contribution >= 0.6 is 0 Å². The molecule has 6 aromatic heterocycles. The van der Waals surface area contributed by atoms with Crippen LogP contribution in [-0.2, 0) is 38.4 Å². The molecule has 0 unspecified atom stereocenters. The molecule has 0 N–H and O–H groups in total. The molecule has 1 radical (unpaired) electrons. The summed E-state index contributed by atoms with van der Waals surface area (Å²) < 4.78 is 3.60. The van der Waals surface area contributed by atoms with Crippen LogP contribution in [0.25, 0.3) is 34.4 Å². The SMILES string of the molecule is CC(C)(C)c1ccnc(-c2cc(C(C)(C)C)cc(-n3cccn3)n2)c1.CC(C)(C)c1ccnc(-c2cc(C(C)(C)C)cc(-n3cccn3)n2)c1.[Co+2]. The number of rotatable bonds is 4. The Morgan fingerprint density at radius 3 is 1.04 bits per heavy atom. The van der Waals surface area contributed by atoms with Crippen LogP contribution < -0.4 is 0 Å². The van der Waals surface area contributed by atoms with E-state index in [1.807, 2.05) is 36.9 Å². The van der Waals surface area contributed by atoms with Gasteiger partial charge >= 0.3 is 16.8 Å². The van der Waals surface area contributed by atoms with Crippen LogP contribution in [0.15, 0.2) is 97.8 Å². The van der Waals surface area contributed by atoms with Crippen LogP contribution in [0.2, 0.25) is 0 Å². The van der Waals surface area contributed by atoms with Gasteiger partial charge in [-0.3, -0.25) is 9.97 Å². The van der Waals surface area contributed by atoms with Crippen LogP contribution in [0, 0.1) is 0 Å². The summed E-state index contributed by atoms with van der Waals surface area (Å²) in [6.07, 6.45) is 11.1. The molecule has 51 heavy (non-hydrogen) atoms. The van der Waals surface area contributed by atoms with Crippen LogP contribution in [0.3, 0.4) is 0 Å². The van der Waals surface area contributed by atoms with E-state index in [0.717, 1.165) is 34.4 Å². The summed E-state index contributed by atoms with van der Waals surface area (Å²) >= 11 is 0. The van der Waals surface area contributed by atoms with E-state index < -0.39 is 0 Å². The monoisotopic (exact) mass is 727 g/mol. The topological polar surface area (TPSA) is 87.2 Å². The fraction of sp³-hybridized carbons (Fsp3) is 0.381. The number of hydrogen-bond donors (Lipinski definition) is 0. The van der Waals surface area contributed by atoms with E-state index in [4.69, 9.17) is 9.97 Å². The first-order valence-corrected chi connectivity index (χ1v) is 17.3. The van der Waals surface area contributed by atoms with Crippen molar-refractivity contribution in [3.8, 4) is 34.4 Å². The van der Waals surface area contributed by atoms with Gasteiger partial charge in [0.15, 0.2) is 11.6 Å². The maximum absolute atomic E-state index is 4.82. The Morgan fingerprint density at radius 1 is 0.412 bits per heavy atom. The normalized spacial score (nSPS) is 12.2. The van der Waals surface area contributed by atoms with Gasteiger partial charge in [0, 0.05) is 37.2 Å². The third-order valence-electron chi connectivity index (χ3n) is 8.61. The van der Waals surface area contributed by atoms with E-state index >= 15 is 0 Å². The van der Waals surface area contributed by atoms with Gasteiger partial charge in [0.1, 0.15) is 0 Å². The molecule has 267 valence electrons. The molecule has 0 fully saturated rings. The zero-order chi connectivity index (χ0) is 36.5. The predicted octanol–water partition coefficient (Wildman–Crippen LogP) is 9.85. The van der Waals surface area contributed by atoms with Crippen molar-refractivity contribution in [3.63, 3.8) is 0 Å². The first kappa shape index (κ1) is 39.3. The van der Waals surface area contributed by atoms with Crippen LogP contribution in [0.5, 0.6) is 0 Å². The Morgan fingerprint density at radius 2 is 0.745 bits per heavy atom. The van der Waals surface area contributed by atoms with E-state index in [1.54, 1.807) is 21.8 Å². The molecule has 0 amide bonds. The van der Waals surface area contributed by atoms with Gasteiger partial charge in [-0.2, -0.15) is 10.2 Å². The molecule has 0 saturated carbocycles. The quantitative estimate of drug-likeness (QED) is 0.180. The summed E-state index contributed by atoms with van der Waals surface area (Å²) in [5.41, 5.74) is 8.66. The molecule has 0 spiro atoms. The van der Waals surface area contributed by atoms with Gasteiger partial charge in [-0.05, 0) is 105 Å². The maximum Gasteiger partial charge on any atom is 2.00 e. The van der Waals surface area contributed by atoms with E-state index in [1.165, 1.54) is 22.3 Å². The molecule has 0 bridgehead atoms. The molecule has 6 rings (SSSR count). The van der Waals surface area contributed by atoms with Gasteiger partial charge in [0.05, 0.1) is 22.8 Å². The first-order chi connectivity index (χ1) is 23.3. The Hall–Kier alpha value is -4.47. The second kappa shape index (κ2) is 15.0. The predicted molar refractivity (Wildman–Crippen MR) is 204 cm³/mol. The minimum Gasteiger partial charge on any atom is -0.255 e. The molecule has 0 saturated heterocycles. The van der Waals surface area contributed by atoms with Gasteiger partial charge < -0.3 is 0 Å². The molecule has 0 atom stereocenters. The molecule has 0 aliphatic heterocycles. The standard InChI is InChI=1S/2C21H26N4.Co/c2*1-20(2,3)15-8-10-22-17(12-15)18-13-16(21(4,5)6)14-19(24-18)25-11-7-9-23-25;/h2*7-14H,1-6H3;/q;;+2. The molecule has 0 aromatic carbocycles. The Bertz CT molecular complexity index is 1890. The Balaban J connectivity index is 0.000000224. The summed E-state index contributed by atoms with van der Waals surface area (Å²) in [6, 6.07) is 20.7. The minimum absolute atomic E-state index is 0. The fourth-order valence-corrected chi connectivity index (χ4v) is 5.28. The average molecular weight is 728 g/mol. The number of pyridine rings is 4. The first-order valence-electron chi connectivity index (χ1n) is 17.3. The minimum atomic E-state index is 0. The Kier molecular flexibility index (Phi) is 11.6. The van der Waals surface area contributed by atoms with Crippen LogP contribution in [0.1, 0.15) is 105 Å². The zero-order valence-corrected chi connectivity index (χ0v) is 33.2. The van der Waals surface area contributed by atoms with Gasteiger partial charge in [-0.25, -0.2) is 19.3 Å². The molecule has 6 aromatic rings. The molecular weight excluding hydrogens is 675 g/mol. The van der Waals surface area contributed by atoms with Gasteiger partial charge in [0.2, 0.25) is 0 Å². The van der Waals surface area contributed by atoms with Crippen molar-refractivity contribution in [3.05, 3.63) is 120 Å². The largest absolute Gasteiger partial charge is 2.00 e. The third kappa shape index (κ3) is 9.86. The smallest absolute Gasteiger partial charge is 0.255 e. The van der Waals surface area contributed by atoms with E-state index in [-0.39, 0.29) is 38.4 Å². The van der Waals surface area contributed by atoms with Crippen molar-refractivity contribution in [2.24, 2.45) is 0 Å². The molecule has 9 heteroatoms. The van der Waals surface area contributed by atoms with Crippen molar-refractivity contribution in [1.82, 2.24) is 39.5 Å². The van der Waals surface area contributed by atoms with E-state index in [9.17, 15) is 0 Å². The zero-order valence-electron chi connectivity index (χ0n) is 32.1. The molecule has 8 nitrogen and oxygen atoms in total. The molecule has 0 aliphatic carbocycles. The molecular formula is C42H52CoN8+2. The van der Waals surface area contributed by atoms with Crippen molar-refractivity contribution in [1.29, 1.82) is 0 Å². The maximum atomic E-state index is 4.82. The second-order valence-corrected chi connectivity index (χ2v) is 17.0. The number of nitrogens with zero attached hydrogens (tertiary/aromatic N) is 8. The summed E-state index contributed by atoms with van der Waals surface area (Å²) in [6.45, 7) is 26.5. The Labute approximate surface area is 314 Å². The summed E-state index contributed by atoms with van der Waals surface area (Å²) in [4.78, 5) is 18.8. The number of hydrogen-bond acceptors (Lipinski definition) is 6. The summed E-state index contributed by atoms with van der Waals surface area (Å²) in [5, 5.41) is 8.67. The average Bonchev–Trinajstić information content (AvgIpc) is 3.79. The van der Waals surface area contributed by atoms with Crippen molar-refractivity contribution in [2.75, 3.05) is 0 Å². The van der Waals surface area contributed by atoms with Crippen LogP contribution in [-0.4, -0.2) is 39.5 Å². The van der Waals surface area contributed by atoms with Crippen LogP contribution in [0.4, 0.5) is 0 Å². The number of aromatic nitrogens is 8. The van der Waals surface area contributed by atoms with Crippen molar-refractivity contribution in [2.45, 2.75) is 105 Å².